The maximum Gasteiger partial charge on any atom is 0.227 e. The second-order valence-electron chi connectivity index (χ2n) is 7.32. The Hall–Kier alpha value is -2.11. The van der Waals surface area contributed by atoms with E-state index in [1.165, 1.54) is 18.5 Å². The van der Waals surface area contributed by atoms with Crippen LogP contribution in [0, 0.1) is 0 Å². The van der Waals surface area contributed by atoms with Gasteiger partial charge in [-0.2, -0.15) is 4.98 Å². The first-order valence-corrected chi connectivity index (χ1v) is 9.45. The van der Waals surface area contributed by atoms with E-state index >= 15 is 0 Å². The summed E-state index contributed by atoms with van der Waals surface area (Å²) in [4.78, 5) is 19.4. The van der Waals surface area contributed by atoms with Crippen LogP contribution in [0.3, 0.4) is 0 Å². The lowest BCUT2D eigenvalue weighted by molar-refractivity contribution is -0.133. The highest BCUT2D eigenvalue weighted by Crippen LogP contribution is 2.38. The summed E-state index contributed by atoms with van der Waals surface area (Å²) in [7, 11) is 2.06. The van der Waals surface area contributed by atoms with Crippen molar-refractivity contribution in [2.45, 2.75) is 63.3 Å². The van der Waals surface area contributed by atoms with E-state index in [1.807, 2.05) is 0 Å². The Labute approximate surface area is 148 Å². The van der Waals surface area contributed by atoms with Crippen molar-refractivity contribution in [1.29, 1.82) is 0 Å². The number of aryl methyl sites for hydroxylation is 2. The van der Waals surface area contributed by atoms with Crippen molar-refractivity contribution in [1.82, 2.24) is 19.6 Å². The van der Waals surface area contributed by atoms with Crippen molar-refractivity contribution in [2.24, 2.45) is 7.05 Å². The molecule has 3 heterocycles. The molecule has 2 aromatic rings. The lowest BCUT2D eigenvalue weighted by atomic mass is 10.1. The highest BCUT2D eigenvalue weighted by molar-refractivity contribution is 5.76. The van der Waals surface area contributed by atoms with Crippen LogP contribution >= 0.6 is 0 Å². The van der Waals surface area contributed by atoms with Gasteiger partial charge in [0.25, 0.3) is 0 Å². The molecule has 2 aliphatic rings. The molecular weight excluding hydrogens is 316 g/mol. The summed E-state index contributed by atoms with van der Waals surface area (Å²) in [5, 5.41) is 4.04. The minimum Gasteiger partial charge on any atom is -0.353 e. The molecule has 2 fully saturated rings. The molecule has 1 aliphatic heterocycles. The van der Waals surface area contributed by atoms with Crippen LogP contribution in [0.5, 0.6) is 0 Å². The molecule has 4 rings (SSSR count). The van der Waals surface area contributed by atoms with Crippen molar-refractivity contribution < 1.29 is 9.32 Å². The molecule has 0 spiro atoms. The van der Waals surface area contributed by atoms with Gasteiger partial charge in [-0.1, -0.05) is 18.0 Å². The highest BCUT2D eigenvalue weighted by atomic mass is 16.5. The maximum atomic E-state index is 12.9. The standard InChI is InChI=1S/C19H26N4O2/c1-22-12-5-7-15(22)16-6-3-2-4-13-23(16)18(24)11-10-17-20-19(21-25-17)14-8-9-14/h5,7,12,14,16H,2-4,6,8-11,13H2,1H3/t16-/m1/s1. The van der Waals surface area contributed by atoms with Crippen molar-refractivity contribution in [3.63, 3.8) is 0 Å². The second-order valence-corrected chi connectivity index (χ2v) is 7.32. The van der Waals surface area contributed by atoms with E-state index in [2.05, 4.69) is 45.0 Å². The third-order valence-electron chi connectivity index (χ3n) is 5.38. The second kappa shape index (κ2) is 7.02. The zero-order chi connectivity index (χ0) is 17.2. The van der Waals surface area contributed by atoms with Crippen molar-refractivity contribution in [2.75, 3.05) is 6.54 Å². The van der Waals surface area contributed by atoms with E-state index in [0.29, 0.717) is 24.7 Å². The van der Waals surface area contributed by atoms with Crippen molar-refractivity contribution in [3.8, 4) is 0 Å². The monoisotopic (exact) mass is 342 g/mol. The van der Waals surface area contributed by atoms with Crippen LogP contribution in [0.4, 0.5) is 0 Å². The van der Waals surface area contributed by atoms with Crippen LogP contribution in [0.1, 0.15) is 74.3 Å². The average Bonchev–Trinajstić information content (AvgIpc) is 3.29. The molecule has 1 saturated heterocycles. The van der Waals surface area contributed by atoms with Gasteiger partial charge in [0.15, 0.2) is 5.82 Å². The van der Waals surface area contributed by atoms with Crippen LogP contribution < -0.4 is 0 Å². The molecule has 134 valence electrons. The van der Waals surface area contributed by atoms with Gasteiger partial charge in [-0.25, -0.2) is 0 Å². The number of amides is 1. The number of nitrogens with zero attached hydrogens (tertiary/aromatic N) is 4. The van der Waals surface area contributed by atoms with Crippen LogP contribution in [0.2, 0.25) is 0 Å². The first-order chi connectivity index (χ1) is 12.2. The summed E-state index contributed by atoms with van der Waals surface area (Å²) in [5.74, 6) is 2.10. The largest absolute Gasteiger partial charge is 0.353 e. The molecule has 1 amide bonds. The van der Waals surface area contributed by atoms with Gasteiger partial charge in [0.1, 0.15) is 0 Å². The van der Waals surface area contributed by atoms with Gasteiger partial charge in [0.05, 0.1) is 6.04 Å². The van der Waals surface area contributed by atoms with E-state index in [-0.39, 0.29) is 11.9 Å². The van der Waals surface area contributed by atoms with Gasteiger partial charge in [0, 0.05) is 44.2 Å². The molecule has 0 aromatic carbocycles. The Morgan fingerprint density at radius 2 is 2.16 bits per heavy atom. The SMILES string of the molecule is Cn1cccc1[C@H]1CCCCCN1C(=O)CCc1nc(C2CC2)no1. The molecule has 2 aromatic heterocycles. The lowest BCUT2D eigenvalue weighted by Crippen LogP contribution is -2.35. The van der Waals surface area contributed by atoms with Gasteiger partial charge < -0.3 is 14.0 Å². The van der Waals surface area contributed by atoms with Gasteiger partial charge in [0.2, 0.25) is 11.8 Å². The van der Waals surface area contributed by atoms with Crippen LogP contribution in [-0.2, 0) is 18.3 Å². The van der Waals surface area contributed by atoms with Crippen LogP contribution in [0.25, 0.3) is 0 Å². The third-order valence-corrected chi connectivity index (χ3v) is 5.38. The minimum absolute atomic E-state index is 0.180. The maximum absolute atomic E-state index is 12.9. The molecule has 1 aliphatic carbocycles. The predicted molar refractivity (Wildman–Crippen MR) is 92.9 cm³/mol. The fraction of sp³-hybridized carbons (Fsp3) is 0.632. The Bertz CT molecular complexity index is 731. The summed E-state index contributed by atoms with van der Waals surface area (Å²) >= 11 is 0. The zero-order valence-corrected chi connectivity index (χ0v) is 14.9. The van der Waals surface area contributed by atoms with E-state index in [1.54, 1.807) is 0 Å². The van der Waals surface area contributed by atoms with Gasteiger partial charge in [-0.05, 0) is 37.8 Å². The Morgan fingerprint density at radius 1 is 1.28 bits per heavy atom. The first-order valence-electron chi connectivity index (χ1n) is 9.45. The van der Waals surface area contributed by atoms with Crippen LogP contribution in [-0.4, -0.2) is 32.1 Å². The van der Waals surface area contributed by atoms with E-state index in [4.69, 9.17) is 4.52 Å². The van der Waals surface area contributed by atoms with Gasteiger partial charge in [-0.15, -0.1) is 0 Å². The average molecular weight is 342 g/mol. The van der Waals surface area contributed by atoms with Gasteiger partial charge in [-0.3, -0.25) is 4.79 Å². The third kappa shape index (κ3) is 3.62. The number of carbonyl (C=O) groups is 1. The van der Waals surface area contributed by atoms with Gasteiger partial charge >= 0.3 is 0 Å². The number of carbonyl (C=O) groups excluding carboxylic acids is 1. The fourth-order valence-corrected chi connectivity index (χ4v) is 3.77. The number of rotatable bonds is 5. The molecule has 6 heteroatoms. The lowest BCUT2D eigenvalue weighted by Gasteiger charge is -2.30. The summed E-state index contributed by atoms with van der Waals surface area (Å²) in [6, 6.07) is 4.37. The molecule has 0 bridgehead atoms. The summed E-state index contributed by atoms with van der Waals surface area (Å²) in [6.07, 6.45) is 9.83. The molecular formula is C19H26N4O2. The van der Waals surface area contributed by atoms with E-state index in [9.17, 15) is 4.79 Å². The van der Waals surface area contributed by atoms with Crippen LogP contribution in [0.15, 0.2) is 22.9 Å². The summed E-state index contributed by atoms with van der Waals surface area (Å²) in [5.41, 5.74) is 1.23. The topological polar surface area (TPSA) is 64.2 Å². The van der Waals surface area contributed by atoms with E-state index in [0.717, 1.165) is 38.1 Å². The first kappa shape index (κ1) is 16.4. The van der Waals surface area contributed by atoms with E-state index < -0.39 is 0 Å². The summed E-state index contributed by atoms with van der Waals surface area (Å²) < 4.78 is 7.45. The predicted octanol–water partition coefficient (Wildman–Crippen LogP) is 3.36. The molecule has 25 heavy (non-hydrogen) atoms. The normalized spacial score (nSPS) is 21.3. The molecule has 0 radical (unpaired) electrons. The molecule has 0 N–H and O–H groups in total. The Kier molecular flexibility index (Phi) is 4.59. The van der Waals surface area contributed by atoms with Crippen molar-refractivity contribution >= 4 is 5.91 Å². The quantitative estimate of drug-likeness (QED) is 0.836. The summed E-state index contributed by atoms with van der Waals surface area (Å²) in [6.45, 7) is 0.839. The highest BCUT2D eigenvalue weighted by Gasteiger charge is 2.30. The molecule has 1 saturated carbocycles. The Morgan fingerprint density at radius 3 is 2.92 bits per heavy atom. The van der Waals surface area contributed by atoms with Crippen molar-refractivity contribution in [3.05, 3.63) is 35.7 Å². The number of likely N-dealkylation sites (tertiary alicyclic amines) is 1. The molecule has 0 unspecified atom stereocenters. The molecule has 6 nitrogen and oxygen atoms in total. The number of hydrogen-bond donors (Lipinski definition) is 0. The smallest absolute Gasteiger partial charge is 0.227 e. The molecule has 1 atom stereocenters. The zero-order valence-electron chi connectivity index (χ0n) is 14.9. The number of hydrogen-bond acceptors (Lipinski definition) is 4. The minimum atomic E-state index is 0.180. The Balaban J connectivity index is 1.43. The fourth-order valence-electron chi connectivity index (χ4n) is 3.77. The number of aromatic nitrogens is 3.